The van der Waals surface area contributed by atoms with E-state index in [0.717, 1.165) is 5.56 Å². The van der Waals surface area contributed by atoms with Crippen LogP contribution >= 0.6 is 0 Å². The van der Waals surface area contributed by atoms with E-state index in [1.807, 2.05) is 12.1 Å². The van der Waals surface area contributed by atoms with E-state index in [-0.39, 0.29) is 5.82 Å². The molecule has 3 N–H and O–H groups in total. The van der Waals surface area contributed by atoms with Gasteiger partial charge in [0.05, 0.1) is 20.3 Å². The van der Waals surface area contributed by atoms with Crippen LogP contribution in [0.2, 0.25) is 0 Å². The van der Waals surface area contributed by atoms with Crippen LogP contribution in [0.25, 0.3) is 0 Å². The molecule has 0 aliphatic heterocycles. The van der Waals surface area contributed by atoms with Crippen molar-refractivity contribution in [1.29, 1.82) is 0 Å². The first-order chi connectivity index (χ1) is 10.1. The molecule has 0 fully saturated rings. The molecule has 0 spiro atoms. The molecular formula is C16H19FN2O2. The van der Waals surface area contributed by atoms with Gasteiger partial charge in [-0.25, -0.2) is 9.82 Å². The Kier molecular flexibility index (Phi) is 4.77. The Balaban J connectivity index is 2.51. The highest BCUT2D eigenvalue weighted by atomic mass is 19.1. The van der Waals surface area contributed by atoms with Gasteiger partial charge in [-0.3, -0.25) is 5.84 Å². The molecule has 2 aromatic rings. The molecule has 0 aromatic heterocycles. The zero-order valence-corrected chi connectivity index (χ0v) is 12.3. The van der Waals surface area contributed by atoms with E-state index in [1.165, 1.54) is 6.07 Å². The highest BCUT2D eigenvalue weighted by molar-refractivity contribution is 5.46. The third-order valence-electron chi connectivity index (χ3n) is 3.44. The van der Waals surface area contributed by atoms with Crippen molar-refractivity contribution in [1.82, 2.24) is 5.43 Å². The lowest BCUT2D eigenvalue weighted by Gasteiger charge is -2.20. The lowest BCUT2D eigenvalue weighted by molar-refractivity contribution is 0.394. The number of aryl methyl sites for hydroxylation is 1. The van der Waals surface area contributed by atoms with Gasteiger partial charge in [-0.1, -0.05) is 12.1 Å². The minimum absolute atomic E-state index is 0.269. The number of ether oxygens (including phenoxy) is 2. The summed E-state index contributed by atoms with van der Waals surface area (Å²) in [5.41, 5.74) is 4.79. The monoisotopic (exact) mass is 290 g/mol. The largest absolute Gasteiger partial charge is 0.497 e. The molecular weight excluding hydrogens is 271 g/mol. The molecule has 0 aliphatic carbocycles. The van der Waals surface area contributed by atoms with Crippen LogP contribution in [-0.4, -0.2) is 14.2 Å². The Bertz CT molecular complexity index is 632. The van der Waals surface area contributed by atoms with Crippen LogP contribution in [0.1, 0.15) is 22.7 Å². The predicted octanol–water partition coefficient (Wildman–Crippen LogP) is 2.70. The average Bonchev–Trinajstić information content (AvgIpc) is 2.51. The van der Waals surface area contributed by atoms with Gasteiger partial charge < -0.3 is 9.47 Å². The second kappa shape index (κ2) is 6.56. The summed E-state index contributed by atoms with van der Waals surface area (Å²) in [6.07, 6.45) is 0. The fourth-order valence-electron chi connectivity index (χ4n) is 2.22. The quantitative estimate of drug-likeness (QED) is 0.656. The first kappa shape index (κ1) is 15.3. The van der Waals surface area contributed by atoms with E-state index in [9.17, 15) is 4.39 Å². The molecule has 21 heavy (non-hydrogen) atoms. The van der Waals surface area contributed by atoms with Crippen molar-refractivity contribution in [2.45, 2.75) is 13.0 Å². The standard InChI is InChI=1S/C16H19FN2O2/c1-10-4-5-11(8-14(10)17)16(19-18)13-9-12(20-2)6-7-15(13)21-3/h4-9,16,19H,18H2,1-3H3. The van der Waals surface area contributed by atoms with Crippen LogP contribution in [0.15, 0.2) is 36.4 Å². The summed E-state index contributed by atoms with van der Waals surface area (Å²) in [6.45, 7) is 1.72. The summed E-state index contributed by atoms with van der Waals surface area (Å²) in [6, 6.07) is 10.0. The van der Waals surface area contributed by atoms with Crippen LogP contribution in [-0.2, 0) is 0 Å². The lowest BCUT2D eigenvalue weighted by Crippen LogP contribution is -2.29. The Morgan fingerprint density at radius 2 is 1.86 bits per heavy atom. The number of hydrogen-bond acceptors (Lipinski definition) is 4. The number of rotatable bonds is 5. The normalized spacial score (nSPS) is 12.0. The fourth-order valence-corrected chi connectivity index (χ4v) is 2.22. The Morgan fingerprint density at radius 1 is 1.10 bits per heavy atom. The Hall–Kier alpha value is -2.11. The van der Waals surface area contributed by atoms with Gasteiger partial charge in [0.25, 0.3) is 0 Å². The van der Waals surface area contributed by atoms with Crippen molar-refractivity contribution in [2.24, 2.45) is 5.84 Å². The van der Waals surface area contributed by atoms with Crippen LogP contribution in [0, 0.1) is 12.7 Å². The molecule has 0 amide bonds. The van der Waals surface area contributed by atoms with Gasteiger partial charge in [0.2, 0.25) is 0 Å². The van der Waals surface area contributed by atoms with Gasteiger partial charge in [-0.15, -0.1) is 0 Å². The van der Waals surface area contributed by atoms with E-state index < -0.39 is 6.04 Å². The summed E-state index contributed by atoms with van der Waals surface area (Å²) in [5.74, 6) is 6.73. The smallest absolute Gasteiger partial charge is 0.126 e. The molecule has 0 saturated carbocycles. The van der Waals surface area contributed by atoms with Crippen molar-refractivity contribution >= 4 is 0 Å². The van der Waals surface area contributed by atoms with Crippen molar-refractivity contribution in [3.8, 4) is 11.5 Å². The molecule has 4 nitrogen and oxygen atoms in total. The number of benzene rings is 2. The van der Waals surface area contributed by atoms with Crippen LogP contribution in [0.5, 0.6) is 11.5 Å². The molecule has 1 atom stereocenters. The number of hydrogen-bond donors (Lipinski definition) is 2. The Labute approximate surface area is 123 Å². The maximum atomic E-state index is 13.8. The van der Waals surface area contributed by atoms with Crippen molar-refractivity contribution in [3.63, 3.8) is 0 Å². The van der Waals surface area contributed by atoms with Gasteiger partial charge >= 0.3 is 0 Å². The molecule has 112 valence electrons. The fraction of sp³-hybridized carbons (Fsp3) is 0.250. The lowest BCUT2D eigenvalue weighted by atomic mass is 9.97. The summed E-state index contributed by atoms with van der Waals surface area (Å²) >= 11 is 0. The third kappa shape index (κ3) is 3.15. The highest BCUT2D eigenvalue weighted by Gasteiger charge is 2.19. The maximum absolute atomic E-state index is 13.8. The number of methoxy groups -OCH3 is 2. The first-order valence-corrected chi connectivity index (χ1v) is 6.54. The second-order valence-electron chi connectivity index (χ2n) is 4.72. The Morgan fingerprint density at radius 3 is 2.43 bits per heavy atom. The molecule has 5 heteroatoms. The minimum Gasteiger partial charge on any atom is -0.497 e. The van der Waals surface area contributed by atoms with E-state index in [1.54, 1.807) is 39.3 Å². The molecule has 0 heterocycles. The number of nitrogens with two attached hydrogens (primary N) is 1. The summed E-state index contributed by atoms with van der Waals surface area (Å²) in [4.78, 5) is 0. The highest BCUT2D eigenvalue weighted by Crippen LogP contribution is 2.33. The number of halogens is 1. The number of nitrogens with one attached hydrogen (secondary N) is 1. The van der Waals surface area contributed by atoms with Gasteiger partial charge in [-0.2, -0.15) is 0 Å². The van der Waals surface area contributed by atoms with E-state index >= 15 is 0 Å². The van der Waals surface area contributed by atoms with Crippen molar-refractivity contribution in [2.75, 3.05) is 14.2 Å². The number of hydrazine groups is 1. The van der Waals surface area contributed by atoms with E-state index in [4.69, 9.17) is 15.3 Å². The third-order valence-corrected chi connectivity index (χ3v) is 3.44. The summed E-state index contributed by atoms with van der Waals surface area (Å²) < 4.78 is 24.4. The molecule has 1 unspecified atom stereocenters. The molecule has 0 saturated heterocycles. The zero-order valence-electron chi connectivity index (χ0n) is 12.3. The van der Waals surface area contributed by atoms with Crippen LogP contribution in [0.4, 0.5) is 4.39 Å². The van der Waals surface area contributed by atoms with Gasteiger partial charge in [0.1, 0.15) is 17.3 Å². The van der Waals surface area contributed by atoms with Gasteiger partial charge in [0, 0.05) is 5.56 Å². The van der Waals surface area contributed by atoms with Gasteiger partial charge in [-0.05, 0) is 42.3 Å². The molecule has 2 aromatic carbocycles. The molecule has 2 rings (SSSR count). The zero-order chi connectivity index (χ0) is 15.4. The van der Waals surface area contributed by atoms with Crippen molar-refractivity contribution in [3.05, 3.63) is 58.9 Å². The summed E-state index contributed by atoms with van der Waals surface area (Å²) in [7, 11) is 3.16. The van der Waals surface area contributed by atoms with E-state index in [2.05, 4.69) is 5.43 Å². The van der Waals surface area contributed by atoms with Crippen molar-refractivity contribution < 1.29 is 13.9 Å². The molecule has 0 radical (unpaired) electrons. The summed E-state index contributed by atoms with van der Waals surface area (Å²) in [5, 5.41) is 0. The molecule has 0 aliphatic rings. The SMILES string of the molecule is COc1ccc(OC)c(C(NN)c2ccc(C)c(F)c2)c1. The minimum atomic E-state index is -0.398. The topological polar surface area (TPSA) is 56.5 Å². The van der Waals surface area contributed by atoms with Gasteiger partial charge in [0.15, 0.2) is 0 Å². The first-order valence-electron chi connectivity index (χ1n) is 6.54. The maximum Gasteiger partial charge on any atom is 0.126 e. The van der Waals surface area contributed by atoms with E-state index in [0.29, 0.717) is 22.6 Å². The van der Waals surface area contributed by atoms with Crippen LogP contribution in [0.3, 0.4) is 0 Å². The second-order valence-corrected chi connectivity index (χ2v) is 4.72. The molecule has 0 bridgehead atoms. The predicted molar refractivity (Wildman–Crippen MR) is 79.8 cm³/mol. The average molecular weight is 290 g/mol. The van der Waals surface area contributed by atoms with Crippen LogP contribution < -0.4 is 20.7 Å².